The van der Waals surface area contributed by atoms with Crippen molar-refractivity contribution in [2.75, 3.05) is 5.32 Å². The Morgan fingerprint density at radius 3 is 2.62 bits per heavy atom. The van der Waals surface area contributed by atoms with Crippen molar-refractivity contribution in [1.29, 1.82) is 0 Å². The predicted molar refractivity (Wildman–Crippen MR) is 82.8 cm³/mol. The molecule has 110 valence electrons. The van der Waals surface area contributed by atoms with Gasteiger partial charge in [0.15, 0.2) is 0 Å². The van der Waals surface area contributed by atoms with Gasteiger partial charge in [-0.05, 0) is 48.7 Å². The predicted octanol–water partition coefficient (Wildman–Crippen LogP) is 3.80. The van der Waals surface area contributed by atoms with Gasteiger partial charge in [-0.3, -0.25) is 4.79 Å². The van der Waals surface area contributed by atoms with Crippen molar-refractivity contribution in [1.82, 2.24) is 0 Å². The minimum absolute atomic E-state index is 0.0254. The van der Waals surface area contributed by atoms with E-state index in [2.05, 4.69) is 5.32 Å². The van der Waals surface area contributed by atoms with Crippen molar-refractivity contribution < 1.29 is 9.18 Å². The lowest BCUT2D eigenvalue weighted by Crippen LogP contribution is -2.15. The summed E-state index contributed by atoms with van der Waals surface area (Å²) >= 11 is 0. The highest BCUT2D eigenvalue weighted by Crippen LogP contribution is 2.26. The fourth-order valence-corrected chi connectivity index (χ4v) is 2.39. The minimum Gasteiger partial charge on any atom is -0.378 e. The first kappa shape index (κ1) is 15.0. The van der Waals surface area contributed by atoms with E-state index in [9.17, 15) is 9.18 Å². The van der Waals surface area contributed by atoms with Crippen molar-refractivity contribution in [3.05, 3.63) is 65.0 Å². The molecule has 2 rings (SSSR count). The molecule has 3 nitrogen and oxygen atoms in total. The summed E-state index contributed by atoms with van der Waals surface area (Å²) in [5.74, 6) is -0.703. The Balaban J connectivity index is 2.31. The first-order valence-corrected chi connectivity index (χ1v) is 6.94. The molecule has 0 saturated heterocycles. The van der Waals surface area contributed by atoms with Gasteiger partial charge in [0.1, 0.15) is 5.82 Å². The van der Waals surface area contributed by atoms with Crippen molar-refractivity contribution in [2.24, 2.45) is 5.73 Å². The number of hydrogen-bond donors (Lipinski definition) is 2. The molecule has 0 radical (unpaired) electrons. The largest absolute Gasteiger partial charge is 0.378 e. The number of amides is 1. The fourth-order valence-electron chi connectivity index (χ4n) is 2.39. The zero-order valence-corrected chi connectivity index (χ0v) is 12.2. The summed E-state index contributed by atoms with van der Waals surface area (Å²) in [6.45, 7) is 3.87. The maximum absolute atomic E-state index is 13.4. The summed E-state index contributed by atoms with van der Waals surface area (Å²) in [4.78, 5) is 11.4. The van der Waals surface area contributed by atoms with Gasteiger partial charge < -0.3 is 11.1 Å². The van der Waals surface area contributed by atoms with Crippen LogP contribution in [0.5, 0.6) is 0 Å². The number of anilines is 1. The van der Waals surface area contributed by atoms with Crippen LogP contribution in [0.25, 0.3) is 0 Å². The number of primary amides is 1. The van der Waals surface area contributed by atoms with Crippen LogP contribution in [0.1, 0.15) is 40.9 Å². The topological polar surface area (TPSA) is 55.1 Å². The summed E-state index contributed by atoms with van der Waals surface area (Å²) in [5, 5.41) is 3.36. The third-order valence-corrected chi connectivity index (χ3v) is 3.59. The summed E-state index contributed by atoms with van der Waals surface area (Å²) in [7, 11) is 0. The van der Waals surface area contributed by atoms with Crippen LogP contribution >= 0.6 is 0 Å². The van der Waals surface area contributed by atoms with E-state index in [4.69, 9.17) is 5.73 Å². The van der Waals surface area contributed by atoms with E-state index in [-0.39, 0.29) is 11.9 Å². The molecule has 0 aliphatic rings. The molecule has 4 heteroatoms. The van der Waals surface area contributed by atoms with E-state index >= 15 is 0 Å². The smallest absolute Gasteiger partial charge is 0.249 e. The third kappa shape index (κ3) is 3.40. The lowest BCUT2D eigenvalue weighted by molar-refractivity contribution is 0.1000. The average molecular weight is 286 g/mol. The van der Waals surface area contributed by atoms with Crippen LogP contribution in [0.15, 0.2) is 42.5 Å². The second-order valence-electron chi connectivity index (χ2n) is 5.00. The lowest BCUT2D eigenvalue weighted by Gasteiger charge is -2.21. The standard InChI is InChI=1S/C17H19FN2O/c1-3-15(12-6-4-7-13(18)10-12)20-16-9-5-8-14(11(16)2)17(19)21/h4-10,15,20H,3H2,1-2H3,(H2,19,21). The van der Waals surface area contributed by atoms with Gasteiger partial charge in [-0.25, -0.2) is 4.39 Å². The Morgan fingerprint density at radius 1 is 1.29 bits per heavy atom. The first-order valence-electron chi connectivity index (χ1n) is 6.94. The maximum atomic E-state index is 13.4. The van der Waals surface area contributed by atoms with Crippen LogP contribution in [0.2, 0.25) is 0 Å². The highest BCUT2D eigenvalue weighted by Gasteiger charge is 2.13. The molecule has 1 unspecified atom stereocenters. The van der Waals surface area contributed by atoms with Gasteiger partial charge in [0.2, 0.25) is 5.91 Å². The summed E-state index contributed by atoms with van der Waals surface area (Å²) < 4.78 is 13.4. The number of benzene rings is 2. The molecule has 2 aromatic carbocycles. The van der Waals surface area contributed by atoms with Crippen molar-refractivity contribution in [2.45, 2.75) is 26.3 Å². The first-order chi connectivity index (χ1) is 10.0. The molecule has 0 heterocycles. The Morgan fingerprint density at radius 2 is 2.00 bits per heavy atom. The Bertz CT molecular complexity index is 655. The number of hydrogen-bond acceptors (Lipinski definition) is 2. The number of nitrogens with two attached hydrogens (primary N) is 1. The molecule has 2 aromatic rings. The van der Waals surface area contributed by atoms with Crippen molar-refractivity contribution in [3.63, 3.8) is 0 Å². The molecule has 0 fully saturated rings. The normalized spacial score (nSPS) is 12.0. The van der Waals surface area contributed by atoms with Crippen LogP contribution < -0.4 is 11.1 Å². The lowest BCUT2D eigenvalue weighted by atomic mass is 10.0. The summed E-state index contributed by atoms with van der Waals surface area (Å²) in [5.41, 5.74) is 8.37. The van der Waals surface area contributed by atoms with E-state index in [1.165, 1.54) is 12.1 Å². The fraction of sp³-hybridized carbons (Fsp3) is 0.235. The molecule has 0 spiro atoms. The molecular weight excluding hydrogens is 267 g/mol. The zero-order valence-electron chi connectivity index (χ0n) is 12.2. The Labute approximate surface area is 124 Å². The Kier molecular flexibility index (Phi) is 4.58. The van der Waals surface area contributed by atoms with Gasteiger partial charge >= 0.3 is 0 Å². The van der Waals surface area contributed by atoms with Crippen molar-refractivity contribution in [3.8, 4) is 0 Å². The second-order valence-corrected chi connectivity index (χ2v) is 5.00. The maximum Gasteiger partial charge on any atom is 0.249 e. The number of halogens is 1. The number of carbonyl (C=O) groups is 1. The average Bonchev–Trinajstić information content (AvgIpc) is 2.46. The molecule has 1 amide bonds. The van der Waals surface area contributed by atoms with Crippen LogP contribution in [0.3, 0.4) is 0 Å². The molecule has 1 atom stereocenters. The van der Waals surface area contributed by atoms with E-state index in [0.717, 1.165) is 23.2 Å². The number of nitrogens with one attached hydrogen (secondary N) is 1. The highest BCUT2D eigenvalue weighted by atomic mass is 19.1. The van der Waals surface area contributed by atoms with E-state index < -0.39 is 5.91 Å². The summed E-state index contributed by atoms with van der Waals surface area (Å²) in [6.07, 6.45) is 0.795. The van der Waals surface area contributed by atoms with E-state index in [1.54, 1.807) is 18.2 Å². The second kappa shape index (κ2) is 6.39. The van der Waals surface area contributed by atoms with Gasteiger partial charge in [-0.2, -0.15) is 0 Å². The number of carbonyl (C=O) groups excluding carboxylic acids is 1. The van der Waals surface area contributed by atoms with Crippen LogP contribution in [0.4, 0.5) is 10.1 Å². The van der Waals surface area contributed by atoms with E-state index in [1.807, 2.05) is 26.0 Å². The quantitative estimate of drug-likeness (QED) is 0.878. The van der Waals surface area contributed by atoms with Gasteiger partial charge in [0.25, 0.3) is 0 Å². The molecule has 21 heavy (non-hydrogen) atoms. The van der Waals surface area contributed by atoms with E-state index in [0.29, 0.717) is 5.56 Å². The van der Waals surface area contributed by atoms with Crippen LogP contribution in [-0.4, -0.2) is 5.91 Å². The molecular formula is C17H19FN2O. The molecule has 0 aromatic heterocycles. The van der Waals surface area contributed by atoms with Gasteiger partial charge in [0.05, 0.1) is 6.04 Å². The third-order valence-electron chi connectivity index (χ3n) is 3.59. The highest BCUT2D eigenvalue weighted by molar-refractivity contribution is 5.95. The molecule has 3 N–H and O–H groups in total. The van der Waals surface area contributed by atoms with Gasteiger partial charge in [-0.1, -0.05) is 25.1 Å². The molecule has 0 bridgehead atoms. The van der Waals surface area contributed by atoms with Gasteiger partial charge in [-0.15, -0.1) is 0 Å². The molecule has 0 aliphatic carbocycles. The SMILES string of the molecule is CCC(Nc1cccc(C(N)=O)c1C)c1cccc(F)c1. The van der Waals surface area contributed by atoms with Crippen molar-refractivity contribution >= 4 is 11.6 Å². The van der Waals surface area contributed by atoms with Crippen LogP contribution in [0, 0.1) is 12.7 Å². The number of rotatable bonds is 5. The summed E-state index contributed by atoms with van der Waals surface area (Å²) in [6, 6.07) is 11.9. The molecule has 0 aliphatic heterocycles. The minimum atomic E-state index is -0.449. The Hall–Kier alpha value is -2.36. The van der Waals surface area contributed by atoms with Gasteiger partial charge in [0, 0.05) is 11.3 Å². The van der Waals surface area contributed by atoms with Crippen LogP contribution in [-0.2, 0) is 0 Å². The molecule has 0 saturated carbocycles. The monoisotopic (exact) mass is 286 g/mol. The zero-order chi connectivity index (χ0) is 15.4.